The maximum atomic E-state index is 10.9. The van der Waals surface area contributed by atoms with E-state index in [0.29, 0.717) is 0 Å². The van der Waals surface area contributed by atoms with Crippen LogP contribution in [0.4, 0.5) is 11.4 Å². The monoisotopic (exact) mass is 648 g/mol. The van der Waals surface area contributed by atoms with E-state index in [1.807, 2.05) is 0 Å². The number of phenolic OH excluding ortho intramolecular Hbond substituents is 2. The van der Waals surface area contributed by atoms with Gasteiger partial charge in [-0.3, -0.25) is 9.11 Å². The Morgan fingerprint density at radius 2 is 0.971 bits per heavy atom. The van der Waals surface area contributed by atoms with Crippen LogP contribution in [0, 0.1) is 0 Å². The quantitative estimate of drug-likeness (QED) is 0.0909. The molecule has 0 aliphatic heterocycles. The largest absolute Gasteiger partial charge is 0.394 e. The molecule has 16 nitrogen and oxygen atoms in total. The van der Waals surface area contributed by atoms with Gasteiger partial charge in [-0.2, -0.15) is 8.42 Å². The van der Waals surface area contributed by atoms with Crippen molar-refractivity contribution >= 4 is 70.6 Å². The van der Waals surface area contributed by atoms with Crippen LogP contribution in [0.15, 0.2) is 36.4 Å². The smallest absolute Gasteiger partial charge is 0.264 e. The zero-order valence-corrected chi connectivity index (χ0v) is 22.4. The number of nitrogens with one attached hydrogen (secondary N) is 2. The molecule has 2 amide bonds. The van der Waals surface area contributed by atoms with Gasteiger partial charge in [-0.1, -0.05) is 0 Å². The van der Waals surface area contributed by atoms with Crippen molar-refractivity contribution in [2.75, 3.05) is 10.6 Å². The third-order valence-electron chi connectivity index (χ3n) is 3.25. The fourth-order valence-corrected chi connectivity index (χ4v) is 4.36. The van der Waals surface area contributed by atoms with Crippen LogP contribution in [-0.2, 0) is 27.5 Å². The van der Waals surface area contributed by atoms with Gasteiger partial charge in [0.25, 0.3) is 0 Å². The summed E-state index contributed by atoms with van der Waals surface area (Å²) in [5.74, 6) is -1.34. The molecule has 19 heteroatoms. The van der Waals surface area contributed by atoms with Gasteiger partial charge < -0.3 is 0 Å². The average molecular weight is 648 g/mol. The van der Waals surface area contributed by atoms with Crippen molar-refractivity contribution < 1.29 is 61.2 Å². The van der Waals surface area contributed by atoms with Crippen LogP contribution in [0.1, 0.15) is 13.8 Å². The minimum absolute atomic E-state index is 0.00951. The van der Waals surface area contributed by atoms with E-state index >= 15 is 0 Å². The number of aromatic hydroxyl groups is 2. The summed E-state index contributed by atoms with van der Waals surface area (Å²) in [5.41, 5.74) is -0.0190. The van der Waals surface area contributed by atoms with Crippen molar-refractivity contribution in [1.82, 2.24) is 0 Å². The predicted molar refractivity (Wildman–Crippen MR) is 120 cm³/mol. The number of amides is 2. The van der Waals surface area contributed by atoms with Crippen molar-refractivity contribution in [3.63, 3.8) is 0 Å². The van der Waals surface area contributed by atoms with Crippen LogP contribution in [0.25, 0.3) is 0 Å². The molecule has 35 heavy (non-hydrogen) atoms. The summed E-state index contributed by atoms with van der Waals surface area (Å²) < 4.78 is 88.7. The Morgan fingerprint density at radius 3 is 1.17 bits per heavy atom. The van der Waals surface area contributed by atoms with Gasteiger partial charge in [-0.05, 0) is 0 Å². The Hall–Kier alpha value is -2.59. The van der Waals surface area contributed by atoms with Gasteiger partial charge in [0.05, 0.1) is 0 Å². The van der Waals surface area contributed by atoms with Crippen LogP contribution >= 0.6 is 0 Å². The molecule has 0 spiro atoms. The zero-order valence-electron chi connectivity index (χ0n) is 17.8. The molecule has 2 aromatic rings. The maximum absolute atomic E-state index is 10.9. The minimum atomic E-state index is -4.98. The Labute approximate surface area is 203 Å². The Kier molecular flexibility index (Phi) is 12.0. The van der Waals surface area contributed by atoms with E-state index in [2.05, 4.69) is 10.6 Å². The number of anilines is 2. The van der Waals surface area contributed by atoms with Crippen molar-refractivity contribution in [3.05, 3.63) is 36.4 Å². The van der Waals surface area contributed by atoms with Crippen molar-refractivity contribution in [2.45, 2.75) is 13.8 Å². The average Bonchev–Trinajstić information content (AvgIpc) is 2.62. The van der Waals surface area contributed by atoms with Gasteiger partial charge in [0.1, 0.15) is 0 Å². The molecule has 2 rings (SSSR count). The van der Waals surface area contributed by atoms with E-state index in [-0.39, 0.29) is 31.6 Å². The topological polar surface area (TPSA) is 288 Å². The predicted octanol–water partition coefficient (Wildman–Crippen LogP) is -2.83. The molecular weight excluding hydrogens is 626 g/mol. The van der Waals surface area contributed by atoms with Gasteiger partial charge in [0.2, 0.25) is 0 Å². The Morgan fingerprint density at radius 1 is 0.714 bits per heavy atom. The molecule has 0 atom stereocenters. The summed E-state index contributed by atoms with van der Waals surface area (Å²) in [6, 6.07) is 6.64. The first-order valence-corrected chi connectivity index (χ1v) is 16.8. The Bertz CT molecular complexity index is 1180. The molecular formula is C16H22As2N2O14S. The fraction of sp³-hybridized carbons (Fsp3) is 0.125. The molecule has 0 aromatic heterocycles. The number of benzene rings is 2. The molecule has 0 fully saturated rings. The normalized spacial score (nSPS) is 11.2. The summed E-state index contributed by atoms with van der Waals surface area (Å²) in [7, 11) is -4.67. The number of rotatable bonds is 4. The summed E-state index contributed by atoms with van der Waals surface area (Å²) in [4.78, 5) is 21.4. The van der Waals surface area contributed by atoms with Crippen LogP contribution in [-0.4, -0.2) is 84.3 Å². The number of hydrogen-bond acceptors (Lipinski definition) is 8. The van der Waals surface area contributed by atoms with E-state index in [4.69, 9.17) is 33.9 Å². The molecule has 0 radical (unpaired) electrons. The molecule has 10 N–H and O–H groups in total. The number of carbonyl (C=O) groups excluding carboxylic acids is 2. The second kappa shape index (κ2) is 12.9. The summed E-state index contributed by atoms with van der Waals surface area (Å²) in [6.45, 7) is 2.46. The summed E-state index contributed by atoms with van der Waals surface area (Å²) in [6.07, 6.45) is 0. The number of carbonyl (C=O) groups is 2. The van der Waals surface area contributed by atoms with E-state index in [1.54, 1.807) is 0 Å². The van der Waals surface area contributed by atoms with Crippen LogP contribution in [0.2, 0.25) is 0 Å². The third kappa shape index (κ3) is 14.4. The van der Waals surface area contributed by atoms with E-state index < -0.39 is 50.6 Å². The second-order valence-corrected chi connectivity index (χ2v) is 13.9. The van der Waals surface area contributed by atoms with Crippen molar-refractivity contribution in [3.8, 4) is 11.5 Å². The first-order valence-electron chi connectivity index (χ1n) is 8.64. The zero-order chi connectivity index (χ0) is 27.8. The van der Waals surface area contributed by atoms with Crippen LogP contribution in [0.3, 0.4) is 0 Å². The van der Waals surface area contributed by atoms with Gasteiger partial charge in [0.15, 0.2) is 0 Å². The summed E-state index contributed by atoms with van der Waals surface area (Å²) >= 11 is -9.97. The molecule has 0 bridgehead atoms. The van der Waals surface area contributed by atoms with E-state index in [9.17, 15) is 27.3 Å². The molecule has 196 valence electrons. The van der Waals surface area contributed by atoms with Crippen molar-refractivity contribution in [2.24, 2.45) is 0 Å². The maximum Gasteiger partial charge on any atom is 0.394 e. The molecule has 0 aliphatic rings. The Balaban J connectivity index is 0.000000555. The van der Waals surface area contributed by atoms with Crippen molar-refractivity contribution in [1.29, 1.82) is 0 Å². The molecule has 2 aromatic carbocycles. The first kappa shape index (κ1) is 32.4. The minimum Gasteiger partial charge on any atom is -0.264 e. The van der Waals surface area contributed by atoms with Crippen LogP contribution in [0.5, 0.6) is 11.5 Å². The molecule has 0 unspecified atom stereocenters. The number of phenols is 2. The number of hydrogen-bond donors (Lipinski definition) is 10. The standard InChI is InChI=1S/2C8H10AsNO5.H2O4S/c2*1-5(11)10-7-4-6(9(13,14)15)2-3-8(7)12;1-5(2,3)4/h2*2-4,12H,1H3,(H,10,11)(H2,13,14,15);(H2,1,2,3,4). The molecule has 0 saturated heterocycles. The van der Waals surface area contributed by atoms with Crippen LogP contribution < -0.4 is 19.3 Å². The van der Waals surface area contributed by atoms with E-state index in [0.717, 1.165) is 36.4 Å². The SMILES string of the molecule is CC(=O)Nc1cc([As](=O)(O)O)ccc1O.CC(=O)Nc1cc([As](=O)(O)O)ccc1O.O=S(=O)(O)O. The fourth-order valence-electron chi connectivity index (χ4n) is 1.99. The molecule has 0 aliphatic carbocycles. The molecule has 0 saturated carbocycles. The van der Waals surface area contributed by atoms with Gasteiger partial charge in [0, 0.05) is 0 Å². The summed E-state index contributed by atoms with van der Waals surface area (Å²) in [5, 5.41) is 23.1. The molecule has 0 heterocycles. The van der Waals surface area contributed by atoms with Gasteiger partial charge >= 0.3 is 187 Å². The first-order chi connectivity index (χ1) is 15.6. The van der Waals surface area contributed by atoms with Gasteiger partial charge in [-0.15, -0.1) is 0 Å². The van der Waals surface area contributed by atoms with Gasteiger partial charge in [-0.25, -0.2) is 0 Å². The second-order valence-electron chi connectivity index (χ2n) is 6.30. The van der Waals surface area contributed by atoms with E-state index in [1.165, 1.54) is 13.8 Å². The third-order valence-corrected chi connectivity index (χ3v) is 7.24.